The first-order valence-corrected chi connectivity index (χ1v) is 7.85. The van der Waals surface area contributed by atoms with Gasteiger partial charge < -0.3 is 10.6 Å². The molecule has 0 saturated carbocycles. The highest BCUT2D eigenvalue weighted by Crippen LogP contribution is 2.38. The lowest BCUT2D eigenvalue weighted by molar-refractivity contribution is -0.119. The number of pyridine rings is 1. The Balaban J connectivity index is 1.85. The molecule has 0 bridgehead atoms. The van der Waals surface area contributed by atoms with Crippen molar-refractivity contribution in [2.75, 3.05) is 11.4 Å². The number of carbonyl (C=O) groups is 2. The molecule has 23 heavy (non-hydrogen) atoms. The van der Waals surface area contributed by atoms with Crippen LogP contribution in [0, 0.1) is 0 Å². The van der Waals surface area contributed by atoms with E-state index in [1.54, 1.807) is 12.3 Å². The second kappa shape index (κ2) is 5.19. The van der Waals surface area contributed by atoms with Crippen molar-refractivity contribution in [1.82, 2.24) is 4.98 Å². The maximum absolute atomic E-state index is 12.1. The molecule has 3 heterocycles. The molecule has 2 amide bonds. The van der Waals surface area contributed by atoms with Gasteiger partial charge in [0.2, 0.25) is 11.8 Å². The standard InChI is InChI=1S/C18H17N3O2/c19-18(23)15-8-14(9-20-10-15)13-6-11-2-1-5-21-16(22)4-3-12(7-13)17(11)21/h6-10H,1-5H2,(H2,19,23). The van der Waals surface area contributed by atoms with Gasteiger partial charge >= 0.3 is 0 Å². The van der Waals surface area contributed by atoms with Crippen LogP contribution < -0.4 is 10.6 Å². The van der Waals surface area contributed by atoms with Gasteiger partial charge in [-0.3, -0.25) is 14.6 Å². The largest absolute Gasteiger partial charge is 0.366 e. The number of carbonyl (C=O) groups excluding carboxylic acids is 2. The van der Waals surface area contributed by atoms with E-state index in [2.05, 4.69) is 17.1 Å². The normalized spacial score (nSPS) is 16.2. The van der Waals surface area contributed by atoms with Crippen LogP contribution in [0.5, 0.6) is 0 Å². The number of anilines is 1. The molecule has 1 aromatic carbocycles. The number of aryl methyl sites for hydroxylation is 2. The van der Waals surface area contributed by atoms with E-state index in [0.29, 0.717) is 12.0 Å². The zero-order valence-electron chi connectivity index (χ0n) is 12.7. The Bertz CT molecular complexity index is 812. The predicted octanol–water partition coefficient (Wildman–Crippen LogP) is 2.07. The molecule has 4 rings (SSSR count). The minimum Gasteiger partial charge on any atom is -0.366 e. The van der Waals surface area contributed by atoms with Crippen molar-refractivity contribution >= 4 is 17.5 Å². The molecule has 2 N–H and O–H groups in total. The minimum atomic E-state index is -0.476. The number of aromatic nitrogens is 1. The monoisotopic (exact) mass is 307 g/mol. The molecule has 0 spiro atoms. The summed E-state index contributed by atoms with van der Waals surface area (Å²) in [7, 11) is 0. The zero-order chi connectivity index (χ0) is 16.0. The Hall–Kier alpha value is -2.69. The number of rotatable bonds is 2. The topological polar surface area (TPSA) is 76.3 Å². The van der Waals surface area contributed by atoms with Crippen LogP contribution >= 0.6 is 0 Å². The van der Waals surface area contributed by atoms with Crippen molar-refractivity contribution in [2.24, 2.45) is 5.73 Å². The number of nitrogens with two attached hydrogens (primary N) is 1. The molecule has 0 atom stereocenters. The summed E-state index contributed by atoms with van der Waals surface area (Å²) in [5.74, 6) is -0.251. The van der Waals surface area contributed by atoms with Gasteiger partial charge in [-0.1, -0.05) is 0 Å². The highest BCUT2D eigenvalue weighted by molar-refractivity contribution is 5.98. The second-order valence-electron chi connectivity index (χ2n) is 6.12. The fraction of sp³-hybridized carbons (Fsp3) is 0.278. The average Bonchev–Trinajstić information content (AvgIpc) is 2.58. The summed E-state index contributed by atoms with van der Waals surface area (Å²) >= 11 is 0. The smallest absolute Gasteiger partial charge is 0.250 e. The summed E-state index contributed by atoms with van der Waals surface area (Å²) in [6.07, 6.45) is 6.53. The van der Waals surface area contributed by atoms with E-state index in [-0.39, 0.29) is 5.91 Å². The van der Waals surface area contributed by atoms with Gasteiger partial charge in [-0.15, -0.1) is 0 Å². The Labute approximate surface area is 134 Å². The first-order valence-electron chi connectivity index (χ1n) is 7.85. The Kier molecular flexibility index (Phi) is 3.15. The van der Waals surface area contributed by atoms with Crippen molar-refractivity contribution in [1.29, 1.82) is 0 Å². The van der Waals surface area contributed by atoms with Crippen molar-refractivity contribution in [2.45, 2.75) is 25.7 Å². The van der Waals surface area contributed by atoms with E-state index in [1.807, 2.05) is 4.90 Å². The van der Waals surface area contributed by atoms with E-state index in [1.165, 1.54) is 17.3 Å². The number of nitrogens with zero attached hydrogens (tertiary/aromatic N) is 2. The molecule has 116 valence electrons. The summed E-state index contributed by atoms with van der Waals surface area (Å²) in [5.41, 5.74) is 11.2. The van der Waals surface area contributed by atoms with Crippen molar-refractivity contribution in [3.63, 3.8) is 0 Å². The van der Waals surface area contributed by atoms with Gasteiger partial charge in [-0.25, -0.2) is 0 Å². The van der Waals surface area contributed by atoms with E-state index >= 15 is 0 Å². The lowest BCUT2D eigenvalue weighted by atomic mass is 9.88. The van der Waals surface area contributed by atoms with E-state index in [4.69, 9.17) is 5.73 Å². The Morgan fingerprint density at radius 1 is 1.04 bits per heavy atom. The number of hydrogen-bond donors (Lipinski definition) is 1. The number of hydrogen-bond acceptors (Lipinski definition) is 3. The van der Waals surface area contributed by atoms with Gasteiger partial charge in [0, 0.05) is 30.9 Å². The molecule has 0 aliphatic carbocycles. The van der Waals surface area contributed by atoms with Crippen molar-refractivity contribution in [3.05, 3.63) is 47.3 Å². The van der Waals surface area contributed by atoms with Gasteiger partial charge in [-0.05, 0) is 54.2 Å². The van der Waals surface area contributed by atoms with Crippen LogP contribution in [-0.4, -0.2) is 23.3 Å². The second-order valence-corrected chi connectivity index (χ2v) is 6.12. The Morgan fingerprint density at radius 2 is 1.83 bits per heavy atom. The average molecular weight is 307 g/mol. The third kappa shape index (κ3) is 2.29. The molecule has 0 fully saturated rings. The first-order chi connectivity index (χ1) is 11.1. The van der Waals surface area contributed by atoms with Crippen LogP contribution in [0.1, 0.15) is 34.3 Å². The van der Waals surface area contributed by atoms with Gasteiger partial charge in [0.25, 0.3) is 0 Å². The summed E-state index contributed by atoms with van der Waals surface area (Å²) in [4.78, 5) is 29.5. The van der Waals surface area contributed by atoms with E-state index in [9.17, 15) is 9.59 Å². The van der Waals surface area contributed by atoms with Crippen LogP contribution in [0.3, 0.4) is 0 Å². The molecule has 2 aliphatic rings. The minimum absolute atomic E-state index is 0.226. The fourth-order valence-electron chi connectivity index (χ4n) is 3.55. The van der Waals surface area contributed by atoms with Gasteiger partial charge in [0.15, 0.2) is 0 Å². The van der Waals surface area contributed by atoms with Crippen LogP contribution in [-0.2, 0) is 17.6 Å². The molecule has 5 heteroatoms. The van der Waals surface area contributed by atoms with Crippen LogP contribution in [0.4, 0.5) is 5.69 Å². The molecule has 0 saturated heterocycles. The predicted molar refractivity (Wildman–Crippen MR) is 87.2 cm³/mol. The molecule has 0 unspecified atom stereocenters. The quantitative estimate of drug-likeness (QED) is 0.922. The van der Waals surface area contributed by atoms with Gasteiger partial charge in [-0.2, -0.15) is 0 Å². The van der Waals surface area contributed by atoms with Crippen LogP contribution in [0.2, 0.25) is 0 Å². The summed E-state index contributed by atoms with van der Waals surface area (Å²) in [5, 5.41) is 0. The number of primary amides is 1. The highest BCUT2D eigenvalue weighted by Gasteiger charge is 2.29. The summed E-state index contributed by atoms with van der Waals surface area (Å²) in [6.45, 7) is 0.816. The molecule has 5 nitrogen and oxygen atoms in total. The summed E-state index contributed by atoms with van der Waals surface area (Å²) in [6, 6.07) is 6.01. The van der Waals surface area contributed by atoms with Crippen molar-refractivity contribution < 1.29 is 9.59 Å². The third-order valence-electron chi connectivity index (χ3n) is 4.63. The van der Waals surface area contributed by atoms with Crippen LogP contribution in [0.15, 0.2) is 30.6 Å². The molecular weight excluding hydrogens is 290 g/mol. The SMILES string of the molecule is NC(=O)c1cncc(-c2cc3c4c(c2)CCC(=O)N4CCC3)c1. The third-order valence-corrected chi connectivity index (χ3v) is 4.63. The fourth-order valence-corrected chi connectivity index (χ4v) is 3.55. The molecule has 1 aromatic heterocycles. The van der Waals surface area contributed by atoms with E-state index < -0.39 is 5.91 Å². The maximum Gasteiger partial charge on any atom is 0.250 e. The van der Waals surface area contributed by atoms with Crippen molar-refractivity contribution in [3.8, 4) is 11.1 Å². The molecule has 2 aliphatic heterocycles. The first kappa shape index (κ1) is 13.9. The lowest BCUT2D eigenvalue weighted by Gasteiger charge is -2.35. The number of benzene rings is 1. The molecule has 2 aromatic rings. The maximum atomic E-state index is 12.1. The van der Waals surface area contributed by atoms with Gasteiger partial charge in [0.05, 0.1) is 11.3 Å². The lowest BCUT2D eigenvalue weighted by Crippen LogP contribution is -2.39. The van der Waals surface area contributed by atoms with Crippen LogP contribution in [0.25, 0.3) is 11.1 Å². The highest BCUT2D eigenvalue weighted by atomic mass is 16.2. The summed E-state index contributed by atoms with van der Waals surface area (Å²) < 4.78 is 0. The zero-order valence-corrected chi connectivity index (χ0v) is 12.7. The molecular formula is C18H17N3O2. The molecule has 0 radical (unpaired) electrons. The van der Waals surface area contributed by atoms with Gasteiger partial charge in [0.1, 0.15) is 0 Å². The Morgan fingerprint density at radius 3 is 2.61 bits per heavy atom. The van der Waals surface area contributed by atoms with E-state index in [0.717, 1.165) is 42.6 Å². The number of amides is 2.